The predicted molar refractivity (Wildman–Crippen MR) is 142 cm³/mol. The molecule has 3 aromatic rings. The van der Waals surface area contributed by atoms with E-state index in [1.807, 2.05) is 36.4 Å². The van der Waals surface area contributed by atoms with E-state index >= 15 is 0 Å². The lowest BCUT2D eigenvalue weighted by Crippen LogP contribution is -2.46. The van der Waals surface area contributed by atoms with Gasteiger partial charge in [-0.15, -0.1) is 0 Å². The summed E-state index contributed by atoms with van der Waals surface area (Å²) in [6.07, 6.45) is 3.45. The number of aromatic nitrogens is 3. The number of likely N-dealkylation sites (N-methyl/N-ethyl adjacent to an activating group) is 1. The molecule has 1 aromatic carbocycles. The fourth-order valence-electron chi connectivity index (χ4n) is 3.93. The van der Waals surface area contributed by atoms with Gasteiger partial charge in [-0.25, -0.2) is 9.97 Å². The van der Waals surface area contributed by atoms with Crippen LogP contribution in [0.1, 0.15) is 53.9 Å². The molecule has 1 amide bonds. The van der Waals surface area contributed by atoms with Crippen molar-refractivity contribution in [3.8, 4) is 0 Å². The van der Waals surface area contributed by atoms with Crippen molar-refractivity contribution in [2.45, 2.75) is 44.1 Å². The summed E-state index contributed by atoms with van der Waals surface area (Å²) in [5.41, 5.74) is 3.89. The van der Waals surface area contributed by atoms with Crippen LogP contribution in [0.3, 0.4) is 0 Å². The fourth-order valence-corrected chi connectivity index (χ4v) is 4.75. The smallest absolute Gasteiger partial charge is 0.251 e. The Balaban J connectivity index is 1.36. The first-order valence-electron chi connectivity index (χ1n) is 12.3. The molecule has 8 heteroatoms. The zero-order valence-corrected chi connectivity index (χ0v) is 21.6. The molecular formula is C27H34N6OS. The highest BCUT2D eigenvalue weighted by Crippen LogP contribution is 2.26. The highest BCUT2D eigenvalue weighted by molar-refractivity contribution is 7.98. The Hall–Kier alpha value is -2.97. The number of thioether (sulfide) groups is 1. The number of carbonyl (C=O) groups excluding carboxylic acids is 1. The van der Waals surface area contributed by atoms with Gasteiger partial charge in [0.05, 0.1) is 0 Å². The largest absolute Gasteiger partial charge is 0.354 e. The van der Waals surface area contributed by atoms with Crippen LogP contribution in [0.15, 0.2) is 60.0 Å². The van der Waals surface area contributed by atoms with Gasteiger partial charge in [0.25, 0.3) is 5.91 Å². The highest BCUT2D eigenvalue weighted by atomic mass is 32.2. The number of piperazine rings is 1. The van der Waals surface area contributed by atoms with Gasteiger partial charge >= 0.3 is 0 Å². The third kappa shape index (κ3) is 7.02. The summed E-state index contributed by atoms with van der Waals surface area (Å²) in [6.45, 7) is 12.3. The molecule has 0 saturated carbocycles. The normalized spacial score (nSPS) is 14.3. The maximum Gasteiger partial charge on any atom is 0.251 e. The molecule has 0 aliphatic carbocycles. The Labute approximate surface area is 212 Å². The molecule has 0 atom stereocenters. The van der Waals surface area contributed by atoms with Crippen molar-refractivity contribution in [1.82, 2.24) is 25.2 Å². The van der Waals surface area contributed by atoms with E-state index in [0.717, 1.165) is 66.3 Å². The van der Waals surface area contributed by atoms with E-state index in [4.69, 9.17) is 9.97 Å². The maximum absolute atomic E-state index is 12.5. The van der Waals surface area contributed by atoms with Gasteiger partial charge in [0.15, 0.2) is 5.16 Å². The van der Waals surface area contributed by atoms with E-state index in [1.165, 1.54) is 0 Å². The lowest BCUT2D eigenvalue weighted by atomic mass is 10.1. The Morgan fingerprint density at radius 3 is 2.37 bits per heavy atom. The summed E-state index contributed by atoms with van der Waals surface area (Å²) in [5, 5.41) is 3.76. The topological polar surface area (TPSA) is 74.2 Å². The zero-order chi connectivity index (χ0) is 24.6. The minimum absolute atomic E-state index is 0.0817. The average Bonchev–Trinajstić information content (AvgIpc) is 2.91. The monoisotopic (exact) mass is 490 g/mol. The van der Waals surface area contributed by atoms with Gasteiger partial charge in [-0.3, -0.25) is 9.78 Å². The summed E-state index contributed by atoms with van der Waals surface area (Å²) in [5.74, 6) is 2.05. The van der Waals surface area contributed by atoms with Gasteiger partial charge in [0.1, 0.15) is 5.82 Å². The average molecular weight is 491 g/mol. The summed E-state index contributed by atoms with van der Waals surface area (Å²) in [4.78, 5) is 31.0. The third-order valence-corrected chi connectivity index (χ3v) is 7.15. The first kappa shape index (κ1) is 25.1. The Morgan fingerprint density at radius 2 is 1.71 bits per heavy atom. The van der Waals surface area contributed by atoms with Crippen LogP contribution in [0.5, 0.6) is 0 Å². The van der Waals surface area contributed by atoms with E-state index in [1.54, 1.807) is 24.2 Å². The van der Waals surface area contributed by atoms with E-state index in [-0.39, 0.29) is 5.91 Å². The van der Waals surface area contributed by atoms with Gasteiger partial charge in [-0.05, 0) is 47.9 Å². The molecule has 1 aliphatic heterocycles. The molecule has 1 aliphatic rings. The lowest BCUT2D eigenvalue weighted by Gasteiger charge is -2.35. The van der Waals surface area contributed by atoms with E-state index in [0.29, 0.717) is 18.0 Å². The second-order valence-electron chi connectivity index (χ2n) is 9.03. The molecule has 1 saturated heterocycles. The molecule has 4 rings (SSSR count). The summed E-state index contributed by atoms with van der Waals surface area (Å²) in [7, 11) is 0. The number of rotatable bonds is 9. The number of nitrogens with zero attached hydrogens (tertiary/aromatic N) is 5. The van der Waals surface area contributed by atoms with Crippen LogP contribution in [-0.4, -0.2) is 58.5 Å². The SMILES string of the molecule is CCN1CCN(c2cc(C(C)C)nc(SCc3ccc(C(=O)NCc4ccncc4)cc3)n2)CC1. The van der Waals surface area contributed by atoms with Crippen molar-refractivity contribution < 1.29 is 4.79 Å². The minimum Gasteiger partial charge on any atom is -0.354 e. The lowest BCUT2D eigenvalue weighted by molar-refractivity contribution is 0.0951. The molecule has 3 heterocycles. The molecular weight excluding hydrogens is 456 g/mol. The van der Waals surface area contributed by atoms with Crippen molar-refractivity contribution in [3.63, 3.8) is 0 Å². The number of nitrogens with one attached hydrogen (secondary N) is 1. The molecule has 35 heavy (non-hydrogen) atoms. The van der Waals surface area contributed by atoms with Gasteiger partial charge < -0.3 is 15.1 Å². The quantitative estimate of drug-likeness (QED) is 0.353. The Kier molecular flexibility index (Phi) is 8.71. The highest BCUT2D eigenvalue weighted by Gasteiger charge is 2.19. The summed E-state index contributed by atoms with van der Waals surface area (Å²) >= 11 is 1.64. The van der Waals surface area contributed by atoms with Crippen LogP contribution in [0, 0.1) is 0 Å². The van der Waals surface area contributed by atoms with Crippen molar-refractivity contribution in [1.29, 1.82) is 0 Å². The molecule has 0 radical (unpaired) electrons. The van der Waals surface area contributed by atoms with Gasteiger partial charge in [-0.2, -0.15) is 0 Å². The van der Waals surface area contributed by atoms with Crippen LogP contribution in [-0.2, 0) is 12.3 Å². The second kappa shape index (κ2) is 12.1. The van der Waals surface area contributed by atoms with Crippen molar-refractivity contribution >= 4 is 23.5 Å². The van der Waals surface area contributed by atoms with Crippen LogP contribution in [0.4, 0.5) is 5.82 Å². The van der Waals surface area contributed by atoms with Gasteiger partial charge in [0.2, 0.25) is 0 Å². The number of pyridine rings is 1. The number of amides is 1. The zero-order valence-electron chi connectivity index (χ0n) is 20.8. The van der Waals surface area contributed by atoms with E-state index < -0.39 is 0 Å². The number of hydrogen-bond donors (Lipinski definition) is 1. The molecule has 7 nitrogen and oxygen atoms in total. The molecule has 2 aromatic heterocycles. The van der Waals surface area contributed by atoms with E-state index in [2.05, 4.69) is 46.9 Å². The molecule has 0 unspecified atom stereocenters. The van der Waals surface area contributed by atoms with E-state index in [9.17, 15) is 4.79 Å². The number of carbonyl (C=O) groups is 1. The Bertz CT molecular complexity index is 1100. The third-order valence-electron chi connectivity index (χ3n) is 6.23. The molecule has 0 bridgehead atoms. The summed E-state index contributed by atoms with van der Waals surface area (Å²) in [6, 6.07) is 13.7. The molecule has 0 spiro atoms. The van der Waals surface area contributed by atoms with Crippen molar-refractivity contribution in [2.24, 2.45) is 0 Å². The standard InChI is InChI=1S/C27H34N6OS/c1-4-32-13-15-33(16-14-32)25-17-24(20(2)3)30-27(31-25)35-19-22-5-7-23(8-6-22)26(34)29-18-21-9-11-28-12-10-21/h5-12,17,20H,4,13-16,18-19H2,1-3H3,(H,29,34). The van der Waals surface area contributed by atoms with Crippen LogP contribution in [0.25, 0.3) is 0 Å². The van der Waals surface area contributed by atoms with Gasteiger partial charge in [0, 0.05) is 68.2 Å². The minimum atomic E-state index is -0.0817. The molecule has 1 N–H and O–H groups in total. The van der Waals surface area contributed by atoms with Crippen LogP contribution in [0.2, 0.25) is 0 Å². The number of benzene rings is 1. The summed E-state index contributed by atoms with van der Waals surface area (Å²) < 4.78 is 0. The predicted octanol–water partition coefficient (Wildman–Crippen LogP) is 4.36. The van der Waals surface area contributed by atoms with Crippen molar-refractivity contribution in [2.75, 3.05) is 37.6 Å². The maximum atomic E-state index is 12.5. The first-order valence-corrected chi connectivity index (χ1v) is 13.3. The number of anilines is 1. The van der Waals surface area contributed by atoms with Crippen molar-refractivity contribution in [3.05, 3.63) is 77.2 Å². The molecule has 1 fully saturated rings. The van der Waals surface area contributed by atoms with Crippen LogP contribution < -0.4 is 10.2 Å². The molecule has 184 valence electrons. The first-order chi connectivity index (χ1) is 17.0. The van der Waals surface area contributed by atoms with Crippen LogP contribution >= 0.6 is 11.8 Å². The fraction of sp³-hybridized carbons (Fsp3) is 0.407. The number of hydrogen-bond acceptors (Lipinski definition) is 7. The second-order valence-corrected chi connectivity index (χ2v) is 9.98. The Morgan fingerprint density at radius 1 is 1.00 bits per heavy atom. The van der Waals surface area contributed by atoms with Gasteiger partial charge in [-0.1, -0.05) is 44.7 Å².